The van der Waals surface area contributed by atoms with E-state index in [-0.39, 0.29) is 5.56 Å². The molecule has 0 aliphatic carbocycles. The minimum Gasteiger partial charge on any atom is -0.452 e. The Labute approximate surface area is 137 Å². The van der Waals surface area contributed by atoms with Gasteiger partial charge >= 0.3 is 5.97 Å². The van der Waals surface area contributed by atoms with Gasteiger partial charge in [0.25, 0.3) is 5.91 Å². The molecular weight excluding hydrogens is 312 g/mol. The van der Waals surface area contributed by atoms with Gasteiger partial charge in [0, 0.05) is 16.8 Å². The van der Waals surface area contributed by atoms with Gasteiger partial charge in [0.05, 0.1) is 5.56 Å². The number of ether oxygens (including phenoxy) is 1. The molecule has 2 amide bonds. The number of carbonyl (C=O) groups is 4. The number of hydrogen-bond acceptors (Lipinski definition) is 5. The molecule has 0 unspecified atom stereocenters. The van der Waals surface area contributed by atoms with Gasteiger partial charge in [0.1, 0.15) is 6.29 Å². The third-order valence-corrected chi connectivity index (χ3v) is 3.07. The fourth-order valence-electron chi connectivity index (χ4n) is 1.83. The van der Waals surface area contributed by atoms with E-state index >= 15 is 0 Å². The monoisotopic (exact) mass is 326 g/mol. The fraction of sp³-hybridized carbons (Fsp3) is 0.0588. The molecule has 0 heterocycles. The quantitative estimate of drug-likeness (QED) is 0.615. The zero-order chi connectivity index (χ0) is 17.5. The first-order valence-corrected chi connectivity index (χ1v) is 6.91. The second-order valence-corrected chi connectivity index (χ2v) is 4.81. The van der Waals surface area contributed by atoms with Gasteiger partial charge < -0.3 is 15.8 Å². The number of aldehydes is 1. The van der Waals surface area contributed by atoms with E-state index in [4.69, 9.17) is 10.5 Å². The van der Waals surface area contributed by atoms with E-state index in [9.17, 15) is 19.2 Å². The number of rotatable bonds is 6. The number of hydrogen-bond donors (Lipinski definition) is 2. The Morgan fingerprint density at radius 1 is 0.958 bits per heavy atom. The van der Waals surface area contributed by atoms with Crippen LogP contribution in [0.2, 0.25) is 0 Å². The maximum atomic E-state index is 11.8. The van der Waals surface area contributed by atoms with Crippen molar-refractivity contribution >= 4 is 29.8 Å². The predicted molar refractivity (Wildman–Crippen MR) is 85.7 cm³/mol. The van der Waals surface area contributed by atoms with Crippen LogP contribution in [-0.4, -0.2) is 30.7 Å². The molecule has 2 aromatic rings. The molecule has 0 aliphatic rings. The molecule has 0 spiro atoms. The molecule has 0 fully saturated rings. The number of esters is 1. The first-order valence-electron chi connectivity index (χ1n) is 6.91. The first-order chi connectivity index (χ1) is 11.5. The molecule has 122 valence electrons. The molecule has 0 radical (unpaired) electrons. The van der Waals surface area contributed by atoms with Crippen LogP contribution < -0.4 is 11.1 Å². The summed E-state index contributed by atoms with van der Waals surface area (Å²) in [6.07, 6.45) is 0.659. The molecule has 0 atom stereocenters. The minimum absolute atomic E-state index is 0.235. The summed E-state index contributed by atoms with van der Waals surface area (Å²) in [7, 11) is 0. The van der Waals surface area contributed by atoms with Gasteiger partial charge in [0.2, 0.25) is 5.91 Å². The number of amides is 2. The highest BCUT2D eigenvalue weighted by atomic mass is 16.5. The van der Waals surface area contributed by atoms with E-state index in [1.165, 1.54) is 48.5 Å². The molecule has 2 rings (SSSR count). The zero-order valence-electron chi connectivity index (χ0n) is 12.5. The third-order valence-electron chi connectivity index (χ3n) is 3.07. The first kappa shape index (κ1) is 16.9. The molecule has 0 aliphatic heterocycles. The summed E-state index contributed by atoms with van der Waals surface area (Å²) >= 11 is 0. The molecule has 7 nitrogen and oxygen atoms in total. The van der Waals surface area contributed by atoms with Gasteiger partial charge in [-0.1, -0.05) is 12.1 Å². The minimum atomic E-state index is -0.674. The lowest BCUT2D eigenvalue weighted by Gasteiger charge is -2.07. The molecule has 24 heavy (non-hydrogen) atoms. The zero-order valence-corrected chi connectivity index (χ0v) is 12.5. The highest BCUT2D eigenvalue weighted by molar-refractivity contribution is 5.97. The number of nitrogens with two attached hydrogens (primary N) is 1. The topological polar surface area (TPSA) is 116 Å². The fourth-order valence-corrected chi connectivity index (χ4v) is 1.83. The summed E-state index contributed by atoms with van der Waals surface area (Å²) in [6, 6.07) is 11.8. The molecule has 3 N–H and O–H groups in total. The summed E-state index contributed by atoms with van der Waals surface area (Å²) in [5, 5.41) is 2.52. The third kappa shape index (κ3) is 4.51. The van der Waals surface area contributed by atoms with Gasteiger partial charge in [-0.3, -0.25) is 14.4 Å². The summed E-state index contributed by atoms with van der Waals surface area (Å²) < 4.78 is 4.88. The van der Waals surface area contributed by atoms with Crippen molar-refractivity contribution in [3.05, 3.63) is 65.2 Å². The van der Waals surface area contributed by atoms with E-state index in [1.807, 2.05) is 0 Å². The summed E-state index contributed by atoms with van der Waals surface area (Å²) in [4.78, 5) is 45.0. The van der Waals surface area contributed by atoms with Crippen molar-refractivity contribution in [2.75, 3.05) is 11.9 Å². The molecule has 0 saturated heterocycles. The van der Waals surface area contributed by atoms with Gasteiger partial charge in [-0.2, -0.15) is 0 Å². The van der Waals surface area contributed by atoms with Crippen LogP contribution in [0, 0.1) is 0 Å². The number of carbonyl (C=O) groups excluding carboxylic acids is 4. The lowest BCUT2D eigenvalue weighted by atomic mass is 10.1. The van der Waals surface area contributed by atoms with Gasteiger partial charge in [0.15, 0.2) is 6.61 Å². The van der Waals surface area contributed by atoms with Crippen LogP contribution in [0.3, 0.4) is 0 Å². The van der Waals surface area contributed by atoms with Crippen LogP contribution in [0.15, 0.2) is 48.5 Å². The number of primary amides is 1. The Hall–Kier alpha value is -3.48. The maximum Gasteiger partial charge on any atom is 0.338 e. The molecule has 0 aromatic heterocycles. The van der Waals surface area contributed by atoms with Gasteiger partial charge in [-0.05, 0) is 36.4 Å². The van der Waals surface area contributed by atoms with Crippen LogP contribution in [0.4, 0.5) is 5.69 Å². The number of nitrogens with one attached hydrogen (secondary N) is 1. The van der Waals surface area contributed by atoms with E-state index in [0.717, 1.165) is 0 Å². The van der Waals surface area contributed by atoms with Crippen LogP contribution in [-0.2, 0) is 9.53 Å². The SMILES string of the molecule is NC(=O)c1ccc(NC(=O)COC(=O)c2ccc(C=O)cc2)cc1. The van der Waals surface area contributed by atoms with Crippen molar-refractivity contribution in [3.63, 3.8) is 0 Å². The Kier molecular flexibility index (Phi) is 5.40. The van der Waals surface area contributed by atoms with Gasteiger partial charge in [-0.15, -0.1) is 0 Å². The van der Waals surface area contributed by atoms with Crippen molar-refractivity contribution in [1.82, 2.24) is 0 Å². The van der Waals surface area contributed by atoms with E-state index in [2.05, 4.69) is 5.32 Å². The molecule has 2 aromatic carbocycles. The highest BCUT2D eigenvalue weighted by Gasteiger charge is 2.10. The average Bonchev–Trinajstić information content (AvgIpc) is 2.60. The second-order valence-electron chi connectivity index (χ2n) is 4.81. The van der Waals surface area contributed by atoms with Crippen LogP contribution in [0.5, 0.6) is 0 Å². The second kappa shape index (κ2) is 7.68. The maximum absolute atomic E-state index is 11.8. The Balaban J connectivity index is 1.86. The van der Waals surface area contributed by atoms with Crippen LogP contribution in [0.25, 0.3) is 0 Å². The van der Waals surface area contributed by atoms with Crippen molar-refractivity contribution in [3.8, 4) is 0 Å². The number of benzene rings is 2. The lowest BCUT2D eigenvalue weighted by molar-refractivity contribution is -0.119. The smallest absolute Gasteiger partial charge is 0.338 e. The Morgan fingerprint density at radius 2 is 1.54 bits per heavy atom. The molecular formula is C17H14N2O5. The molecule has 0 bridgehead atoms. The van der Waals surface area contributed by atoms with Crippen LogP contribution >= 0.6 is 0 Å². The highest BCUT2D eigenvalue weighted by Crippen LogP contribution is 2.09. The Bertz CT molecular complexity index is 767. The Morgan fingerprint density at radius 3 is 2.08 bits per heavy atom. The van der Waals surface area contributed by atoms with Crippen molar-refractivity contribution in [2.24, 2.45) is 5.73 Å². The largest absolute Gasteiger partial charge is 0.452 e. The van der Waals surface area contributed by atoms with Crippen molar-refractivity contribution in [1.29, 1.82) is 0 Å². The summed E-state index contributed by atoms with van der Waals surface area (Å²) in [5.74, 6) is -1.77. The predicted octanol–water partition coefficient (Wildman–Crippen LogP) is 1.39. The lowest BCUT2D eigenvalue weighted by Crippen LogP contribution is -2.21. The van der Waals surface area contributed by atoms with Crippen molar-refractivity contribution < 1.29 is 23.9 Å². The molecule has 7 heteroatoms. The standard InChI is InChI=1S/C17H14N2O5/c18-16(22)12-5-7-14(8-6-12)19-15(21)10-24-17(23)13-3-1-11(9-20)2-4-13/h1-9H,10H2,(H2,18,22)(H,19,21). The van der Waals surface area contributed by atoms with Crippen molar-refractivity contribution in [2.45, 2.75) is 0 Å². The van der Waals surface area contributed by atoms with Gasteiger partial charge in [-0.25, -0.2) is 4.79 Å². The normalized spacial score (nSPS) is 9.83. The summed E-state index contributed by atoms with van der Waals surface area (Å²) in [6.45, 7) is -0.466. The number of anilines is 1. The van der Waals surface area contributed by atoms with Crippen LogP contribution in [0.1, 0.15) is 31.1 Å². The average molecular weight is 326 g/mol. The summed E-state index contributed by atoms with van der Waals surface area (Å²) in [5.41, 5.74) is 6.54. The molecule has 0 saturated carbocycles. The van der Waals surface area contributed by atoms with E-state index < -0.39 is 24.4 Å². The van der Waals surface area contributed by atoms with E-state index in [0.29, 0.717) is 23.1 Å². The van der Waals surface area contributed by atoms with E-state index in [1.54, 1.807) is 0 Å².